The van der Waals surface area contributed by atoms with Crippen molar-refractivity contribution in [2.75, 3.05) is 26.9 Å². The van der Waals surface area contributed by atoms with Crippen molar-refractivity contribution in [3.05, 3.63) is 23.7 Å². The van der Waals surface area contributed by atoms with E-state index in [1.807, 2.05) is 6.07 Å². The molecule has 0 spiro atoms. The summed E-state index contributed by atoms with van der Waals surface area (Å²) >= 11 is 0. The Morgan fingerprint density at radius 2 is 2.39 bits per heavy atom. The van der Waals surface area contributed by atoms with E-state index in [0.717, 1.165) is 44.1 Å². The summed E-state index contributed by atoms with van der Waals surface area (Å²) in [6.45, 7) is 5.39. The van der Waals surface area contributed by atoms with Gasteiger partial charge in [-0.2, -0.15) is 0 Å². The second kappa shape index (κ2) is 6.92. The Morgan fingerprint density at radius 3 is 3.06 bits per heavy atom. The molecule has 2 unspecified atom stereocenters. The van der Waals surface area contributed by atoms with Crippen LogP contribution in [0.1, 0.15) is 37.3 Å². The summed E-state index contributed by atoms with van der Waals surface area (Å²) in [4.78, 5) is 0. The standard InChI is InChI=1S/C14H23NO3/c1-3-7-15-14(11-6-8-17-9-11)13-5-4-12(18-13)10-16-2/h4-5,11,14-15H,3,6-10H2,1-2H3. The molecular weight excluding hydrogens is 230 g/mol. The van der Waals surface area contributed by atoms with Crippen molar-refractivity contribution in [1.29, 1.82) is 0 Å². The van der Waals surface area contributed by atoms with Gasteiger partial charge in [0.15, 0.2) is 0 Å². The van der Waals surface area contributed by atoms with Gasteiger partial charge in [0.25, 0.3) is 0 Å². The first-order valence-electron chi connectivity index (χ1n) is 6.73. The number of ether oxygens (including phenoxy) is 2. The molecule has 102 valence electrons. The van der Waals surface area contributed by atoms with Crippen LogP contribution in [0.25, 0.3) is 0 Å². The summed E-state index contributed by atoms with van der Waals surface area (Å²) in [6.07, 6.45) is 2.22. The van der Waals surface area contributed by atoms with Gasteiger partial charge in [0.2, 0.25) is 0 Å². The molecule has 1 aliphatic rings. The Bertz CT molecular complexity index is 345. The molecule has 1 aromatic rings. The SMILES string of the molecule is CCCNC(c1ccc(COC)o1)C1CCOC1. The first kappa shape index (κ1) is 13.6. The smallest absolute Gasteiger partial charge is 0.129 e. The summed E-state index contributed by atoms with van der Waals surface area (Å²) in [5.41, 5.74) is 0. The maximum atomic E-state index is 5.85. The average Bonchev–Trinajstić information content (AvgIpc) is 3.02. The lowest BCUT2D eigenvalue weighted by Crippen LogP contribution is -2.29. The summed E-state index contributed by atoms with van der Waals surface area (Å²) in [5, 5.41) is 3.57. The number of hydrogen-bond donors (Lipinski definition) is 1. The zero-order valence-corrected chi connectivity index (χ0v) is 11.3. The van der Waals surface area contributed by atoms with Crippen LogP contribution in [0.4, 0.5) is 0 Å². The molecule has 18 heavy (non-hydrogen) atoms. The van der Waals surface area contributed by atoms with Gasteiger partial charge in [-0.3, -0.25) is 0 Å². The van der Waals surface area contributed by atoms with Crippen LogP contribution in [0.15, 0.2) is 16.5 Å². The molecule has 0 aromatic carbocycles. The van der Waals surface area contributed by atoms with Crippen LogP contribution in [-0.4, -0.2) is 26.9 Å². The molecule has 1 aromatic heterocycles. The minimum atomic E-state index is 0.262. The van der Waals surface area contributed by atoms with Crippen LogP contribution in [0.3, 0.4) is 0 Å². The van der Waals surface area contributed by atoms with E-state index in [1.165, 1.54) is 0 Å². The topological polar surface area (TPSA) is 43.6 Å². The van der Waals surface area contributed by atoms with Crippen LogP contribution >= 0.6 is 0 Å². The van der Waals surface area contributed by atoms with Crippen molar-refractivity contribution in [1.82, 2.24) is 5.32 Å². The lowest BCUT2D eigenvalue weighted by molar-refractivity contribution is 0.155. The van der Waals surface area contributed by atoms with Crippen molar-refractivity contribution >= 4 is 0 Å². The van der Waals surface area contributed by atoms with Crippen LogP contribution < -0.4 is 5.32 Å². The van der Waals surface area contributed by atoms with Crippen molar-refractivity contribution in [3.8, 4) is 0 Å². The summed E-state index contributed by atoms with van der Waals surface area (Å²) in [5.74, 6) is 2.40. The van der Waals surface area contributed by atoms with Gasteiger partial charge in [-0.1, -0.05) is 6.92 Å². The minimum absolute atomic E-state index is 0.262. The Hall–Kier alpha value is -0.840. The molecule has 4 nitrogen and oxygen atoms in total. The predicted octanol–water partition coefficient (Wildman–Crippen LogP) is 2.50. The van der Waals surface area contributed by atoms with E-state index in [-0.39, 0.29) is 6.04 Å². The van der Waals surface area contributed by atoms with E-state index in [4.69, 9.17) is 13.9 Å². The lowest BCUT2D eigenvalue weighted by atomic mass is 9.97. The van der Waals surface area contributed by atoms with Gasteiger partial charge in [0, 0.05) is 19.6 Å². The maximum Gasteiger partial charge on any atom is 0.129 e. The highest BCUT2D eigenvalue weighted by molar-refractivity contribution is 5.12. The Kier molecular flexibility index (Phi) is 5.23. The second-order valence-corrected chi connectivity index (χ2v) is 4.79. The van der Waals surface area contributed by atoms with Crippen molar-refractivity contribution in [2.24, 2.45) is 5.92 Å². The van der Waals surface area contributed by atoms with Gasteiger partial charge in [0.05, 0.1) is 12.6 Å². The number of nitrogens with one attached hydrogen (secondary N) is 1. The average molecular weight is 253 g/mol. The van der Waals surface area contributed by atoms with E-state index >= 15 is 0 Å². The number of rotatable bonds is 7. The summed E-state index contributed by atoms with van der Waals surface area (Å²) < 4.78 is 16.4. The fourth-order valence-electron chi connectivity index (χ4n) is 2.40. The molecule has 0 bridgehead atoms. The molecule has 1 aliphatic heterocycles. The maximum absolute atomic E-state index is 5.85. The van der Waals surface area contributed by atoms with Gasteiger partial charge in [-0.15, -0.1) is 0 Å². The predicted molar refractivity (Wildman–Crippen MR) is 69.4 cm³/mol. The van der Waals surface area contributed by atoms with Crippen molar-refractivity contribution in [3.63, 3.8) is 0 Å². The molecule has 2 atom stereocenters. The van der Waals surface area contributed by atoms with E-state index in [9.17, 15) is 0 Å². The normalized spacial score (nSPS) is 21.3. The monoisotopic (exact) mass is 253 g/mol. The van der Waals surface area contributed by atoms with Crippen LogP contribution in [-0.2, 0) is 16.1 Å². The Labute approximate surface area is 109 Å². The fourth-order valence-corrected chi connectivity index (χ4v) is 2.40. The van der Waals surface area contributed by atoms with E-state index in [0.29, 0.717) is 12.5 Å². The molecule has 2 rings (SSSR count). The first-order valence-corrected chi connectivity index (χ1v) is 6.73. The van der Waals surface area contributed by atoms with Gasteiger partial charge in [-0.25, -0.2) is 0 Å². The highest BCUT2D eigenvalue weighted by Gasteiger charge is 2.28. The molecular formula is C14H23NO3. The largest absolute Gasteiger partial charge is 0.462 e. The molecule has 4 heteroatoms. The van der Waals surface area contributed by atoms with E-state index in [2.05, 4.69) is 18.3 Å². The van der Waals surface area contributed by atoms with Crippen molar-refractivity contribution in [2.45, 2.75) is 32.4 Å². The van der Waals surface area contributed by atoms with Gasteiger partial charge in [0.1, 0.15) is 18.1 Å². The van der Waals surface area contributed by atoms with Crippen LogP contribution in [0.5, 0.6) is 0 Å². The summed E-state index contributed by atoms with van der Waals surface area (Å²) in [6, 6.07) is 4.31. The van der Waals surface area contributed by atoms with Gasteiger partial charge in [-0.05, 0) is 31.5 Å². The molecule has 0 radical (unpaired) electrons. The summed E-state index contributed by atoms with van der Waals surface area (Å²) in [7, 11) is 1.68. The highest BCUT2D eigenvalue weighted by atomic mass is 16.5. The zero-order chi connectivity index (χ0) is 12.8. The zero-order valence-electron chi connectivity index (χ0n) is 11.3. The van der Waals surface area contributed by atoms with E-state index in [1.54, 1.807) is 7.11 Å². The third-order valence-electron chi connectivity index (χ3n) is 3.33. The third kappa shape index (κ3) is 3.34. The fraction of sp³-hybridized carbons (Fsp3) is 0.714. The Morgan fingerprint density at radius 1 is 1.50 bits per heavy atom. The van der Waals surface area contributed by atoms with Gasteiger partial charge < -0.3 is 19.2 Å². The number of hydrogen-bond acceptors (Lipinski definition) is 4. The molecule has 1 N–H and O–H groups in total. The molecule has 2 heterocycles. The van der Waals surface area contributed by atoms with Gasteiger partial charge >= 0.3 is 0 Å². The highest BCUT2D eigenvalue weighted by Crippen LogP contribution is 2.30. The number of methoxy groups -OCH3 is 1. The van der Waals surface area contributed by atoms with Crippen LogP contribution in [0, 0.1) is 5.92 Å². The Balaban J connectivity index is 2.05. The van der Waals surface area contributed by atoms with Crippen LogP contribution in [0.2, 0.25) is 0 Å². The molecule has 1 fully saturated rings. The quantitative estimate of drug-likeness (QED) is 0.811. The minimum Gasteiger partial charge on any atom is -0.462 e. The second-order valence-electron chi connectivity index (χ2n) is 4.79. The molecule has 1 saturated heterocycles. The van der Waals surface area contributed by atoms with E-state index < -0.39 is 0 Å². The van der Waals surface area contributed by atoms with Crippen molar-refractivity contribution < 1.29 is 13.9 Å². The molecule has 0 aliphatic carbocycles. The lowest BCUT2D eigenvalue weighted by Gasteiger charge is -2.21. The third-order valence-corrected chi connectivity index (χ3v) is 3.33. The molecule has 0 saturated carbocycles. The number of furan rings is 1. The first-order chi connectivity index (χ1) is 8.85. The molecule has 0 amide bonds.